The molecule has 0 aliphatic carbocycles. The summed E-state index contributed by atoms with van der Waals surface area (Å²) in [5.74, 6) is 0.367. The van der Waals surface area contributed by atoms with Crippen LogP contribution in [-0.4, -0.2) is 38.8 Å². The Hall–Kier alpha value is -0.320. The predicted octanol–water partition coefficient (Wildman–Crippen LogP) is 0.559. The fourth-order valence-corrected chi connectivity index (χ4v) is 1.74. The van der Waals surface area contributed by atoms with Crippen LogP contribution in [0.5, 0.6) is 0 Å². The molecule has 4 nitrogen and oxygen atoms in total. The van der Waals surface area contributed by atoms with Crippen molar-refractivity contribution in [3.05, 3.63) is 0 Å². The van der Waals surface area contributed by atoms with Gasteiger partial charge in [0.05, 0.1) is 6.61 Å². The number of carbonyl (C=O) groups is 1. The number of piperidine rings is 1. The van der Waals surface area contributed by atoms with Crippen molar-refractivity contribution in [1.29, 1.82) is 0 Å². The molecule has 0 bridgehead atoms. The Morgan fingerprint density at radius 2 is 2.13 bits per heavy atom. The molecule has 1 atom stereocenters. The van der Waals surface area contributed by atoms with Gasteiger partial charge in [0.15, 0.2) is 0 Å². The van der Waals surface area contributed by atoms with Crippen LogP contribution in [0.15, 0.2) is 0 Å². The summed E-state index contributed by atoms with van der Waals surface area (Å²) < 4.78 is 4.96. The lowest BCUT2D eigenvalue weighted by molar-refractivity contribution is -0.126. The van der Waals surface area contributed by atoms with Gasteiger partial charge in [0.1, 0.15) is 0 Å². The first-order valence-corrected chi connectivity index (χ1v) is 5.24. The van der Waals surface area contributed by atoms with Crippen molar-refractivity contribution >= 4 is 18.3 Å². The van der Waals surface area contributed by atoms with Gasteiger partial charge in [-0.2, -0.15) is 0 Å². The van der Waals surface area contributed by atoms with E-state index in [1.165, 1.54) is 0 Å². The quantitative estimate of drug-likeness (QED) is 0.750. The van der Waals surface area contributed by atoms with E-state index in [0.717, 1.165) is 25.9 Å². The lowest BCUT2D eigenvalue weighted by Gasteiger charge is -2.23. The first-order valence-electron chi connectivity index (χ1n) is 5.24. The molecule has 0 spiro atoms. The van der Waals surface area contributed by atoms with Crippen LogP contribution in [0.4, 0.5) is 0 Å². The maximum Gasteiger partial charge on any atom is 0.223 e. The highest BCUT2D eigenvalue weighted by molar-refractivity contribution is 5.85. The number of carbonyl (C=O) groups excluding carboxylic acids is 1. The fourth-order valence-electron chi connectivity index (χ4n) is 1.74. The highest BCUT2D eigenvalue weighted by atomic mass is 35.5. The lowest BCUT2D eigenvalue weighted by atomic mass is 9.97. The molecule has 0 aromatic carbocycles. The summed E-state index contributed by atoms with van der Waals surface area (Å²) >= 11 is 0. The first kappa shape index (κ1) is 14.7. The molecule has 0 radical (unpaired) electrons. The van der Waals surface area contributed by atoms with Gasteiger partial charge in [-0.1, -0.05) is 0 Å². The monoisotopic (exact) mass is 236 g/mol. The minimum absolute atomic E-state index is 0. The molecule has 2 N–H and O–H groups in total. The normalized spacial score (nSPS) is 19.1. The number of hydrogen-bond donors (Lipinski definition) is 2. The number of halogens is 1. The Labute approximate surface area is 97.5 Å². The topological polar surface area (TPSA) is 50.4 Å². The number of amides is 1. The zero-order valence-electron chi connectivity index (χ0n) is 9.41. The van der Waals surface area contributed by atoms with E-state index >= 15 is 0 Å². The first-order chi connectivity index (χ1) is 6.74. The van der Waals surface area contributed by atoms with Gasteiger partial charge < -0.3 is 15.4 Å². The van der Waals surface area contributed by atoms with Crippen molar-refractivity contribution in [3.63, 3.8) is 0 Å². The summed E-state index contributed by atoms with van der Waals surface area (Å²) in [7, 11) is 1.65. The zero-order valence-corrected chi connectivity index (χ0v) is 10.2. The number of methoxy groups -OCH3 is 1. The third-order valence-electron chi connectivity index (χ3n) is 2.52. The Balaban J connectivity index is 0.00000196. The molecule has 15 heavy (non-hydrogen) atoms. The molecule has 1 saturated heterocycles. The van der Waals surface area contributed by atoms with Crippen LogP contribution in [0, 0.1) is 5.92 Å². The molecule has 1 aliphatic rings. The fraction of sp³-hybridized carbons (Fsp3) is 0.900. The third kappa shape index (κ3) is 5.35. The molecule has 5 heteroatoms. The largest absolute Gasteiger partial charge is 0.383 e. The van der Waals surface area contributed by atoms with E-state index in [4.69, 9.17) is 4.74 Å². The van der Waals surface area contributed by atoms with E-state index in [9.17, 15) is 4.79 Å². The molecule has 1 amide bonds. The van der Waals surface area contributed by atoms with Crippen LogP contribution in [-0.2, 0) is 9.53 Å². The number of ether oxygens (including phenoxy) is 1. The van der Waals surface area contributed by atoms with Crippen molar-refractivity contribution in [3.8, 4) is 0 Å². The van der Waals surface area contributed by atoms with Gasteiger partial charge in [0.2, 0.25) is 5.91 Å². The summed E-state index contributed by atoms with van der Waals surface area (Å²) in [6, 6.07) is 0.113. The van der Waals surface area contributed by atoms with Gasteiger partial charge in [-0.25, -0.2) is 0 Å². The number of nitrogens with one attached hydrogen (secondary N) is 2. The molecule has 0 unspecified atom stereocenters. The van der Waals surface area contributed by atoms with E-state index in [2.05, 4.69) is 10.6 Å². The minimum Gasteiger partial charge on any atom is -0.383 e. The second-order valence-corrected chi connectivity index (χ2v) is 3.89. The zero-order chi connectivity index (χ0) is 10.4. The van der Waals surface area contributed by atoms with Crippen molar-refractivity contribution in [2.45, 2.75) is 25.8 Å². The lowest BCUT2D eigenvalue weighted by Crippen LogP contribution is -2.43. The SMILES string of the molecule is COC[C@@H](C)NC(=O)C1CCNCC1.Cl. The molecular weight excluding hydrogens is 216 g/mol. The molecule has 1 aliphatic heterocycles. The third-order valence-corrected chi connectivity index (χ3v) is 2.52. The van der Waals surface area contributed by atoms with Crippen molar-refractivity contribution in [2.75, 3.05) is 26.8 Å². The minimum atomic E-state index is 0. The van der Waals surface area contributed by atoms with Crippen LogP contribution < -0.4 is 10.6 Å². The van der Waals surface area contributed by atoms with Gasteiger partial charge in [-0.05, 0) is 32.9 Å². The molecule has 1 heterocycles. The highest BCUT2D eigenvalue weighted by Crippen LogP contribution is 2.11. The van der Waals surface area contributed by atoms with Crippen LogP contribution >= 0.6 is 12.4 Å². The van der Waals surface area contributed by atoms with Crippen LogP contribution in [0.3, 0.4) is 0 Å². The summed E-state index contributed by atoms with van der Waals surface area (Å²) in [5, 5.41) is 6.20. The summed E-state index contributed by atoms with van der Waals surface area (Å²) in [4.78, 5) is 11.7. The smallest absolute Gasteiger partial charge is 0.223 e. The van der Waals surface area contributed by atoms with Crippen LogP contribution in [0.2, 0.25) is 0 Å². The van der Waals surface area contributed by atoms with E-state index in [1.807, 2.05) is 6.92 Å². The van der Waals surface area contributed by atoms with Crippen molar-refractivity contribution in [1.82, 2.24) is 10.6 Å². The van der Waals surface area contributed by atoms with Crippen molar-refractivity contribution in [2.24, 2.45) is 5.92 Å². The Morgan fingerprint density at radius 1 is 1.53 bits per heavy atom. The Bertz CT molecular complexity index is 184. The predicted molar refractivity (Wildman–Crippen MR) is 62.3 cm³/mol. The van der Waals surface area contributed by atoms with Gasteiger partial charge in [-0.15, -0.1) is 12.4 Å². The average molecular weight is 237 g/mol. The maximum atomic E-state index is 11.7. The van der Waals surface area contributed by atoms with Crippen LogP contribution in [0.1, 0.15) is 19.8 Å². The van der Waals surface area contributed by atoms with E-state index in [0.29, 0.717) is 6.61 Å². The van der Waals surface area contributed by atoms with Gasteiger partial charge in [0.25, 0.3) is 0 Å². The van der Waals surface area contributed by atoms with E-state index in [1.54, 1.807) is 7.11 Å². The van der Waals surface area contributed by atoms with Gasteiger partial charge >= 0.3 is 0 Å². The van der Waals surface area contributed by atoms with Gasteiger partial charge in [0, 0.05) is 19.1 Å². The summed E-state index contributed by atoms with van der Waals surface area (Å²) in [6.45, 7) is 4.45. The van der Waals surface area contributed by atoms with E-state index < -0.39 is 0 Å². The molecule has 0 aromatic rings. The number of hydrogen-bond acceptors (Lipinski definition) is 3. The van der Waals surface area contributed by atoms with Crippen molar-refractivity contribution < 1.29 is 9.53 Å². The molecule has 1 rings (SSSR count). The highest BCUT2D eigenvalue weighted by Gasteiger charge is 2.21. The molecule has 0 aromatic heterocycles. The Kier molecular flexibility index (Phi) is 7.74. The summed E-state index contributed by atoms with van der Waals surface area (Å²) in [5.41, 5.74) is 0. The second kappa shape index (κ2) is 7.91. The number of rotatable bonds is 4. The average Bonchev–Trinajstić information content (AvgIpc) is 2.19. The Morgan fingerprint density at radius 3 is 2.67 bits per heavy atom. The molecule has 1 fully saturated rings. The molecule has 90 valence electrons. The van der Waals surface area contributed by atoms with E-state index in [-0.39, 0.29) is 30.3 Å². The standard InChI is InChI=1S/C10H20N2O2.ClH/c1-8(7-14-2)12-10(13)9-3-5-11-6-4-9;/h8-9,11H,3-7H2,1-2H3,(H,12,13);1H/t8-;/m1./s1. The maximum absolute atomic E-state index is 11.7. The molecular formula is C10H21ClN2O2. The molecule has 0 saturated carbocycles. The second-order valence-electron chi connectivity index (χ2n) is 3.89. The summed E-state index contributed by atoms with van der Waals surface area (Å²) in [6.07, 6.45) is 1.90. The van der Waals surface area contributed by atoms with Crippen LogP contribution in [0.25, 0.3) is 0 Å². The van der Waals surface area contributed by atoms with Gasteiger partial charge in [-0.3, -0.25) is 4.79 Å².